The van der Waals surface area contributed by atoms with Crippen LogP contribution in [0.1, 0.15) is 38.2 Å². The Hall–Kier alpha value is -1.57. The topological polar surface area (TPSA) is 21.6 Å². The summed E-state index contributed by atoms with van der Waals surface area (Å²) in [6.07, 6.45) is 7.28. The Kier molecular flexibility index (Phi) is 2.94. The number of benzene rings is 1. The molecule has 0 spiro atoms. The fourth-order valence-electron chi connectivity index (χ4n) is 2.97. The van der Waals surface area contributed by atoms with Gasteiger partial charge in [0.05, 0.1) is 0 Å². The first-order chi connectivity index (χ1) is 8.81. The van der Waals surface area contributed by atoms with Crippen LogP contribution in [0.25, 0.3) is 0 Å². The van der Waals surface area contributed by atoms with Crippen molar-refractivity contribution in [3.05, 3.63) is 47.5 Å². The molecular formula is C16H19NO. The van der Waals surface area contributed by atoms with E-state index in [0.717, 1.165) is 12.3 Å². The summed E-state index contributed by atoms with van der Waals surface area (Å²) in [7, 11) is 0. The summed E-state index contributed by atoms with van der Waals surface area (Å²) < 4.78 is 5.69. The number of nitrogens with zero attached hydrogens (tertiary/aromatic N) is 1. The second-order valence-electron chi connectivity index (χ2n) is 5.12. The molecule has 0 saturated carbocycles. The van der Waals surface area contributed by atoms with Gasteiger partial charge >= 0.3 is 0 Å². The molecule has 0 saturated heterocycles. The summed E-state index contributed by atoms with van der Waals surface area (Å²) in [6, 6.07) is 10.6. The Morgan fingerprint density at radius 2 is 2.00 bits per heavy atom. The van der Waals surface area contributed by atoms with Gasteiger partial charge < -0.3 is 4.74 Å². The summed E-state index contributed by atoms with van der Waals surface area (Å²) in [5.41, 5.74) is 2.46. The van der Waals surface area contributed by atoms with Gasteiger partial charge in [-0.1, -0.05) is 36.4 Å². The predicted octanol–water partition coefficient (Wildman–Crippen LogP) is 3.83. The molecule has 1 aliphatic carbocycles. The maximum absolute atomic E-state index is 5.69. The lowest BCUT2D eigenvalue weighted by Gasteiger charge is -2.30. The van der Waals surface area contributed by atoms with Crippen molar-refractivity contribution in [2.75, 3.05) is 6.61 Å². The highest BCUT2D eigenvalue weighted by Crippen LogP contribution is 2.41. The van der Waals surface area contributed by atoms with Crippen LogP contribution in [0.3, 0.4) is 0 Å². The number of hydrogen-bond donors (Lipinski definition) is 0. The molecule has 94 valence electrons. The van der Waals surface area contributed by atoms with Crippen molar-refractivity contribution in [3.63, 3.8) is 0 Å². The van der Waals surface area contributed by atoms with E-state index in [1.807, 2.05) is 6.92 Å². The van der Waals surface area contributed by atoms with Crippen molar-refractivity contribution >= 4 is 5.90 Å². The van der Waals surface area contributed by atoms with Crippen LogP contribution in [0, 0.1) is 0 Å². The number of ether oxygens (including phenoxy) is 1. The lowest BCUT2D eigenvalue weighted by atomic mass is 9.79. The lowest BCUT2D eigenvalue weighted by Crippen LogP contribution is -2.29. The summed E-state index contributed by atoms with van der Waals surface area (Å²) in [4.78, 5) is 4.84. The summed E-state index contributed by atoms with van der Waals surface area (Å²) in [5.74, 6) is 0.810. The molecule has 1 aliphatic heterocycles. The molecule has 0 radical (unpaired) electrons. The van der Waals surface area contributed by atoms with Crippen LogP contribution in [-0.2, 0) is 10.3 Å². The minimum absolute atomic E-state index is 0.244. The standard InChI is InChI=1S/C16H19NO/c1-13-17-16(12-18-13,14-8-4-2-5-9-14)15-10-6-3-7-11-15/h2,4-5,8-10H,3,6-7,11-12H2,1H3. The van der Waals surface area contributed by atoms with Gasteiger partial charge in [-0.05, 0) is 36.8 Å². The van der Waals surface area contributed by atoms with Gasteiger partial charge in [-0.15, -0.1) is 0 Å². The van der Waals surface area contributed by atoms with Crippen molar-refractivity contribution in [1.29, 1.82) is 0 Å². The van der Waals surface area contributed by atoms with Crippen LogP contribution < -0.4 is 0 Å². The SMILES string of the molecule is CC1=NC(C2=CCCCC2)(c2ccccc2)CO1. The van der Waals surface area contributed by atoms with Crippen LogP contribution in [0.4, 0.5) is 0 Å². The van der Waals surface area contributed by atoms with Crippen LogP contribution in [0.15, 0.2) is 47.0 Å². The van der Waals surface area contributed by atoms with E-state index in [0.29, 0.717) is 6.61 Å². The summed E-state index contributed by atoms with van der Waals surface area (Å²) >= 11 is 0. The molecule has 2 aliphatic rings. The number of hydrogen-bond acceptors (Lipinski definition) is 2. The average molecular weight is 241 g/mol. The van der Waals surface area contributed by atoms with E-state index in [1.165, 1.54) is 30.4 Å². The minimum atomic E-state index is -0.244. The summed E-state index contributed by atoms with van der Waals surface area (Å²) in [5, 5.41) is 0. The molecule has 0 N–H and O–H groups in total. The second-order valence-corrected chi connectivity index (χ2v) is 5.12. The normalized spacial score (nSPS) is 27.4. The largest absolute Gasteiger partial charge is 0.478 e. The molecule has 0 bridgehead atoms. The maximum atomic E-state index is 5.69. The van der Waals surface area contributed by atoms with Crippen molar-refractivity contribution in [3.8, 4) is 0 Å². The molecule has 1 aromatic carbocycles. The number of allylic oxidation sites excluding steroid dienone is 1. The maximum Gasteiger partial charge on any atom is 0.181 e. The van der Waals surface area contributed by atoms with Crippen LogP contribution in [-0.4, -0.2) is 12.5 Å². The third kappa shape index (κ3) is 1.86. The van der Waals surface area contributed by atoms with Crippen LogP contribution >= 0.6 is 0 Å². The highest BCUT2D eigenvalue weighted by atomic mass is 16.5. The van der Waals surface area contributed by atoms with Crippen molar-refractivity contribution < 1.29 is 4.74 Å². The highest BCUT2D eigenvalue weighted by Gasteiger charge is 2.40. The molecule has 1 heterocycles. The van der Waals surface area contributed by atoms with E-state index in [4.69, 9.17) is 9.73 Å². The van der Waals surface area contributed by atoms with Crippen molar-refractivity contribution in [2.45, 2.75) is 38.1 Å². The van der Waals surface area contributed by atoms with Gasteiger partial charge in [-0.3, -0.25) is 0 Å². The van der Waals surface area contributed by atoms with Gasteiger partial charge in [0.15, 0.2) is 5.90 Å². The molecule has 1 atom stereocenters. The lowest BCUT2D eigenvalue weighted by molar-refractivity contribution is 0.272. The molecule has 0 fully saturated rings. The number of aliphatic imine (C=N–C) groups is 1. The molecule has 2 nitrogen and oxygen atoms in total. The zero-order valence-electron chi connectivity index (χ0n) is 10.9. The average Bonchev–Trinajstić information content (AvgIpc) is 2.84. The minimum Gasteiger partial charge on any atom is -0.478 e. The third-order valence-corrected chi connectivity index (χ3v) is 3.91. The van der Waals surface area contributed by atoms with Gasteiger partial charge in [0.1, 0.15) is 12.1 Å². The van der Waals surface area contributed by atoms with Gasteiger partial charge in [-0.25, -0.2) is 4.99 Å². The van der Waals surface area contributed by atoms with Gasteiger partial charge in [0, 0.05) is 6.92 Å². The Labute approximate surface area is 108 Å². The van der Waals surface area contributed by atoms with Crippen molar-refractivity contribution in [2.24, 2.45) is 4.99 Å². The van der Waals surface area contributed by atoms with Crippen LogP contribution in [0.5, 0.6) is 0 Å². The summed E-state index contributed by atoms with van der Waals surface area (Å²) in [6.45, 7) is 2.61. The van der Waals surface area contributed by atoms with Crippen molar-refractivity contribution in [1.82, 2.24) is 0 Å². The first kappa shape index (κ1) is 11.5. The monoisotopic (exact) mass is 241 g/mol. The predicted molar refractivity (Wildman–Crippen MR) is 73.7 cm³/mol. The van der Waals surface area contributed by atoms with E-state index >= 15 is 0 Å². The van der Waals surface area contributed by atoms with E-state index in [1.54, 1.807) is 0 Å². The van der Waals surface area contributed by atoms with Gasteiger partial charge in [0.25, 0.3) is 0 Å². The molecule has 1 unspecified atom stereocenters. The Balaban J connectivity index is 2.08. The van der Waals surface area contributed by atoms with Crippen LogP contribution in [0.2, 0.25) is 0 Å². The van der Waals surface area contributed by atoms with Gasteiger partial charge in [0.2, 0.25) is 0 Å². The first-order valence-electron chi connectivity index (χ1n) is 6.75. The molecule has 0 amide bonds. The molecule has 2 heteroatoms. The molecule has 1 aromatic rings. The Morgan fingerprint density at radius 3 is 2.61 bits per heavy atom. The Bertz CT molecular complexity index is 489. The van der Waals surface area contributed by atoms with Gasteiger partial charge in [-0.2, -0.15) is 0 Å². The third-order valence-electron chi connectivity index (χ3n) is 3.91. The molecule has 18 heavy (non-hydrogen) atoms. The zero-order chi connectivity index (χ0) is 12.4. The Morgan fingerprint density at radius 1 is 1.17 bits per heavy atom. The highest BCUT2D eigenvalue weighted by molar-refractivity contribution is 5.76. The molecule has 3 rings (SSSR count). The first-order valence-corrected chi connectivity index (χ1v) is 6.75. The number of rotatable bonds is 2. The fourth-order valence-corrected chi connectivity index (χ4v) is 2.97. The van der Waals surface area contributed by atoms with E-state index in [-0.39, 0.29) is 5.54 Å². The molecular weight excluding hydrogens is 222 g/mol. The van der Waals surface area contributed by atoms with E-state index in [9.17, 15) is 0 Å². The zero-order valence-corrected chi connectivity index (χ0v) is 10.9. The molecule has 0 aromatic heterocycles. The quantitative estimate of drug-likeness (QED) is 0.721. The second kappa shape index (κ2) is 4.60. The van der Waals surface area contributed by atoms with E-state index < -0.39 is 0 Å². The fraction of sp³-hybridized carbons (Fsp3) is 0.438. The smallest absolute Gasteiger partial charge is 0.181 e. The van der Waals surface area contributed by atoms with E-state index in [2.05, 4.69) is 36.4 Å².